The number of aryl methyl sites for hydroxylation is 1. The van der Waals surface area contributed by atoms with Crippen LogP contribution in [0.5, 0.6) is 0 Å². The second-order valence-electron chi connectivity index (χ2n) is 8.48. The minimum Gasteiger partial charge on any atom is -0.0654 e. The van der Waals surface area contributed by atoms with Crippen molar-refractivity contribution in [1.82, 2.24) is 0 Å². The molecule has 0 spiro atoms. The van der Waals surface area contributed by atoms with E-state index in [9.17, 15) is 0 Å². The Morgan fingerprint density at radius 3 is 2.27 bits per heavy atom. The molecule has 1 aliphatic heterocycles. The van der Waals surface area contributed by atoms with Gasteiger partial charge >= 0.3 is 0 Å². The van der Waals surface area contributed by atoms with E-state index in [1.54, 1.807) is 27.1 Å². The van der Waals surface area contributed by atoms with Crippen LogP contribution < -0.4 is 5.19 Å². The Morgan fingerprint density at radius 2 is 1.58 bits per heavy atom. The number of hydrogen-bond donors (Lipinski definition) is 0. The average Bonchev–Trinajstić information content (AvgIpc) is 3.10. The summed E-state index contributed by atoms with van der Waals surface area (Å²) in [4.78, 5) is 0. The van der Waals surface area contributed by atoms with Crippen molar-refractivity contribution in [1.29, 1.82) is 0 Å². The minimum atomic E-state index is -1.55. The molecule has 0 atom stereocenters. The van der Waals surface area contributed by atoms with Gasteiger partial charge in [-0.25, -0.2) is 0 Å². The minimum absolute atomic E-state index is 1.16. The maximum Gasteiger partial charge on any atom is 0.113 e. The van der Waals surface area contributed by atoms with E-state index >= 15 is 0 Å². The Labute approximate surface area is 160 Å². The molecule has 2 aromatic rings. The van der Waals surface area contributed by atoms with Crippen molar-refractivity contribution >= 4 is 18.5 Å². The second kappa shape index (κ2) is 6.85. The van der Waals surface area contributed by atoms with E-state index in [1.807, 2.05) is 0 Å². The van der Waals surface area contributed by atoms with Crippen molar-refractivity contribution < 1.29 is 0 Å². The van der Waals surface area contributed by atoms with E-state index in [2.05, 4.69) is 69.8 Å². The summed E-state index contributed by atoms with van der Waals surface area (Å²) in [5, 5.41) is 3.36. The third kappa shape index (κ3) is 2.72. The first-order chi connectivity index (χ1) is 12.6. The number of unbranched alkanes of at least 4 members (excludes halogenated alkanes) is 3. The summed E-state index contributed by atoms with van der Waals surface area (Å²) in [6, 6.07) is 14.3. The lowest BCUT2D eigenvalue weighted by Gasteiger charge is -2.21. The highest BCUT2D eigenvalue weighted by atomic mass is 28.3. The van der Waals surface area contributed by atoms with Crippen LogP contribution >= 0.6 is 0 Å². The molecule has 1 radical (unpaired) electrons. The van der Waals surface area contributed by atoms with Gasteiger partial charge in [-0.2, -0.15) is 0 Å². The first-order valence-corrected chi connectivity index (χ1v) is 13.4. The molecule has 0 unspecified atom stereocenters. The molecule has 2 aliphatic rings. The first kappa shape index (κ1) is 17.8. The number of rotatable bonds is 7. The van der Waals surface area contributed by atoms with Crippen LogP contribution in [0.4, 0.5) is 0 Å². The van der Waals surface area contributed by atoms with Gasteiger partial charge in [-0.15, -0.1) is 0 Å². The molecule has 0 fully saturated rings. The van der Waals surface area contributed by atoms with Crippen molar-refractivity contribution in [3.8, 4) is 11.1 Å². The lowest BCUT2D eigenvalue weighted by atomic mass is 9.95. The van der Waals surface area contributed by atoms with Crippen LogP contribution in [0.15, 0.2) is 42.0 Å². The maximum absolute atomic E-state index is 2.54. The number of fused-ring (bicyclic) bond motifs is 1. The topological polar surface area (TPSA) is 0 Å². The average molecular weight is 360 g/mol. The predicted molar refractivity (Wildman–Crippen MR) is 117 cm³/mol. The zero-order valence-corrected chi connectivity index (χ0v) is 17.8. The van der Waals surface area contributed by atoms with Gasteiger partial charge in [-0.1, -0.05) is 88.2 Å². The van der Waals surface area contributed by atoms with Crippen LogP contribution in [-0.4, -0.2) is 8.07 Å². The van der Waals surface area contributed by atoms with Gasteiger partial charge in [-0.05, 0) is 57.5 Å². The van der Waals surface area contributed by atoms with E-state index in [1.165, 1.54) is 48.8 Å². The molecule has 0 saturated carbocycles. The molecule has 1 aliphatic carbocycles. The summed E-state index contributed by atoms with van der Waals surface area (Å²) >= 11 is 0. The molecule has 0 nitrogen and oxygen atoms in total. The van der Waals surface area contributed by atoms with Gasteiger partial charge in [0.25, 0.3) is 0 Å². The first-order valence-electron chi connectivity index (χ1n) is 10.4. The van der Waals surface area contributed by atoms with Crippen LogP contribution in [0.1, 0.15) is 62.6 Å². The summed E-state index contributed by atoms with van der Waals surface area (Å²) in [7, 11) is -1.55. The Morgan fingerprint density at radius 1 is 0.808 bits per heavy atom. The van der Waals surface area contributed by atoms with E-state index in [0.717, 1.165) is 6.42 Å². The highest BCUT2D eigenvalue weighted by molar-refractivity contribution is 7.07. The van der Waals surface area contributed by atoms with Crippen LogP contribution in [0.25, 0.3) is 16.3 Å². The Hall–Kier alpha value is -1.60. The van der Waals surface area contributed by atoms with Gasteiger partial charge in [0, 0.05) is 6.42 Å². The standard InChI is InChI=1S/C25H31Si/c1-5-7-8-9-10-18-11-13-20(14-12-18)23-22-16-15-21-17-19(6-2)25(24(21)23)26(22,3)4/h11-17H,5-10H2,1-4H3. The molecule has 2 bridgehead atoms. The van der Waals surface area contributed by atoms with E-state index in [-0.39, 0.29) is 0 Å². The highest BCUT2D eigenvalue weighted by Gasteiger charge is 2.45. The second-order valence-corrected chi connectivity index (χ2v) is 12.8. The van der Waals surface area contributed by atoms with E-state index in [0.29, 0.717) is 0 Å². The van der Waals surface area contributed by atoms with Gasteiger partial charge in [0.1, 0.15) is 8.07 Å². The van der Waals surface area contributed by atoms with Gasteiger partial charge in [-0.3, -0.25) is 0 Å². The third-order valence-corrected chi connectivity index (χ3v) is 9.96. The van der Waals surface area contributed by atoms with Crippen molar-refractivity contribution in [2.75, 3.05) is 0 Å². The zero-order valence-electron chi connectivity index (χ0n) is 16.8. The summed E-state index contributed by atoms with van der Waals surface area (Å²) in [6.45, 7) is 9.66. The SMILES string of the molecule is CCCCCCc1ccc(-c2c3ccc4c2C(=C(CC)[CH]4)[Si]3(C)C)cc1. The van der Waals surface area contributed by atoms with Crippen LogP contribution in [0.2, 0.25) is 13.1 Å². The molecule has 0 aromatic heterocycles. The molecule has 0 amide bonds. The molecule has 4 rings (SSSR count). The van der Waals surface area contributed by atoms with Gasteiger partial charge in [0.2, 0.25) is 0 Å². The Kier molecular flexibility index (Phi) is 4.69. The highest BCUT2D eigenvalue weighted by Crippen LogP contribution is 2.50. The van der Waals surface area contributed by atoms with Gasteiger partial charge < -0.3 is 0 Å². The molecular weight excluding hydrogens is 328 g/mol. The third-order valence-electron chi connectivity index (χ3n) is 6.38. The number of benzene rings is 2. The lowest BCUT2D eigenvalue weighted by Crippen LogP contribution is -2.39. The Balaban J connectivity index is 1.68. The summed E-state index contributed by atoms with van der Waals surface area (Å²) in [5.74, 6) is 0. The monoisotopic (exact) mass is 359 g/mol. The largest absolute Gasteiger partial charge is 0.113 e. The van der Waals surface area contributed by atoms with Crippen LogP contribution in [-0.2, 0) is 6.42 Å². The van der Waals surface area contributed by atoms with Crippen LogP contribution in [0, 0.1) is 6.42 Å². The molecule has 135 valence electrons. The molecule has 2 aromatic carbocycles. The van der Waals surface area contributed by atoms with Crippen molar-refractivity contribution in [3.05, 3.63) is 65.1 Å². The molecule has 26 heavy (non-hydrogen) atoms. The maximum atomic E-state index is 2.54. The Bertz CT molecular complexity index is 852. The molecule has 1 heterocycles. The molecule has 0 N–H and O–H groups in total. The fourth-order valence-corrected chi connectivity index (χ4v) is 8.58. The lowest BCUT2D eigenvalue weighted by molar-refractivity contribution is 0.667. The summed E-state index contributed by atoms with van der Waals surface area (Å²) < 4.78 is 0. The quantitative estimate of drug-likeness (QED) is 0.382. The van der Waals surface area contributed by atoms with Crippen molar-refractivity contribution in [2.45, 2.75) is 65.5 Å². The fraction of sp³-hybridized carbons (Fsp3) is 0.400. The fourth-order valence-electron chi connectivity index (χ4n) is 4.97. The molecule has 0 saturated heterocycles. The van der Waals surface area contributed by atoms with E-state index < -0.39 is 8.07 Å². The van der Waals surface area contributed by atoms with Gasteiger partial charge in [0.15, 0.2) is 0 Å². The summed E-state index contributed by atoms with van der Waals surface area (Å²) in [6.07, 6.45) is 10.2. The summed E-state index contributed by atoms with van der Waals surface area (Å²) in [5.41, 5.74) is 9.09. The van der Waals surface area contributed by atoms with Crippen LogP contribution in [0.3, 0.4) is 0 Å². The number of hydrogen-bond acceptors (Lipinski definition) is 0. The normalized spacial score (nSPS) is 16.6. The van der Waals surface area contributed by atoms with Crippen molar-refractivity contribution in [2.24, 2.45) is 0 Å². The molecular formula is C25H31Si. The zero-order chi connectivity index (χ0) is 18.3. The smallest absolute Gasteiger partial charge is 0.0654 e. The van der Waals surface area contributed by atoms with Crippen molar-refractivity contribution in [3.63, 3.8) is 0 Å². The van der Waals surface area contributed by atoms with Gasteiger partial charge in [0.05, 0.1) is 0 Å². The number of allylic oxidation sites excluding steroid dienone is 1. The molecule has 1 heteroatoms. The van der Waals surface area contributed by atoms with E-state index in [4.69, 9.17) is 0 Å². The predicted octanol–water partition coefficient (Wildman–Crippen LogP) is 6.67.